The minimum absolute atomic E-state index is 0.147. The lowest BCUT2D eigenvalue weighted by molar-refractivity contribution is 0.102. The molecule has 4 aromatic rings. The van der Waals surface area contributed by atoms with Crippen molar-refractivity contribution in [2.24, 2.45) is 0 Å². The van der Waals surface area contributed by atoms with Crippen molar-refractivity contribution in [3.63, 3.8) is 0 Å². The molecule has 7 heteroatoms. The second-order valence-electron chi connectivity index (χ2n) is 8.25. The molecule has 168 valence electrons. The normalized spacial score (nSPS) is 12.6. The van der Waals surface area contributed by atoms with Crippen LogP contribution in [0.2, 0.25) is 0 Å². The number of hydrogen-bond donors (Lipinski definition) is 1. The Labute approximate surface area is 196 Å². The van der Waals surface area contributed by atoms with Crippen LogP contribution < -0.4 is 10.1 Å². The van der Waals surface area contributed by atoms with Crippen molar-refractivity contribution < 1.29 is 13.9 Å². The number of rotatable bonds is 7. The Bertz CT molecular complexity index is 1280. The largest absolute Gasteiger partial charge is 0.493 e. The van der Waals surface area contributed by atoms with Crippen LogP contribution >= 0.6 is 11.3 Å². The second kappa shape index (κ2) is 9.21. The van der Waals surface area contributed by atoms with Crippen LogP contribution in [0, 0.1) is 6.92 Å². The van der Waals surface area contributed by atoms with Gasteiger partial charge in [0.1, 0.15) is 11.5 Å². The Morgan fingerprint density at radius 1 is 1.18 bits per heavy atom. The molecule has 2 aromatic heterocycles. The van der Waals surface area contributed by atoms with Gasteiger partial charge >= 0.3 is 0 Å². The van der Waals surface area contributed by atoms with E-state index in [9.17, 15) is 4.79 Å². The van der Waals surface area contributed by atoms with Gasteiger partial charge in [-0.05, 0) is 54.7 Å². The topological polar surface area (TPSA) is 67.6 Å². The molecule has 1 amide bonds. The summed E-state index contributed by atoms with van der Waals surface area (Å²) in [4.78, 5) is 19.5. The fourth-order valence-electron chi connectivity index (χ4n) is 4.02. The van der Waals surface area contributed by atoms with E-state index in [2.05, 4.69) is 35.5 Å². The van der Waals surface area contributed by atoms with Gasteiger partial charge < -0.3 is 14.5 Å². The lowest BCUT2D eigenvalue weighted by Gasteiger charge is -2.16. The average molecular weight is 460 g/mol. The molecule has 0 saturated carbocycles. The van der Waals surface area contributed by atoms with Crippen LogP contribution in [0.25, 0.3) is 11.5 Å². The summed E-state index contributed by atoms with van der Waals surface area (Å²) >= 11 is 1.49. The van der Waals surface area contributed by atoms with Crippen molar-refractivity contribution in [2.75, 3.05) is 19.0 Å². The van der Waals surface area contributed by atoms with Gasteiger partial charge in [-0.3, -0.25) is 9.69 Å². The van der Waals surface area contributed by atoms with Crippen LogP contribution in [0.4, 0.5) is 5.69 Å². The summed E-state index contributed by atoms with van der Waals surface area (Å²) in [6, 6.07) is 15.8. The van der Waals surface area contributed by atoms with Gasteiger partial charge in [0.25, 0.3) is 5.91 Å². The number of nitrogens with one attached hydrogen (secondary N) is 1. The molecular formula is C26H25N3O3S. The summed E-state index contributed by atoms with van der Waals surface area (Å²) in [5, 5.41) is 6.70. The summed E-state index contributed by atoms with van der Waals surface area (Å²) in [5.41, 5.74) is 5.49. The van der Waals surface area contributed by atoms with Gasteiger partial charge in [0.15, 0.2) is 0 Å². The zero-order chi connectivity index (χ0) is 22.8. The molecule has 0 saturated heterocycles. The number of aromatic nitrogens is 1. The van der Waals surface area contributed by atoms with Crippen LogP contribution in [-0.4, -0.2) is 29.4 Å². The molecule has 1 aliphatic heterocycles. The maximum absolute atomic E-state index is 12.6. The first kappa shape index (κ1) is 21.4. The van der Waals surface area contributed by atoms with Crippen molar-refractivity contribution in [1.82, 2.24) is 9.88 Å². The molecule has 33 heavy (non-hydrogen) atoms. The number of carbonyl (C=O) groups excluding carboxylic acids is 1. The Balaban J connectivity index is 1.31. The molecule has 5 rings (SSSR count). The van der Waals surface area contributed by atoms with Crippen molar-refractivity contribution in [3.8, 4) is 17.2 Å². The zero-order valence-electron chi connectivity index (χ0n) is 18.6. The van der Waals surface area contributed by atoms with E-state index in [0.29, 0.717) is 23.7 Å². The molecule has 6 nitrogen and oxygen atoms in total. The van der Waals surface area contributed by atoms with E-state index < -0.39 is 0 Å². The summed E-state index contributed by atoms with van der Waals surface area (Å²) in [7, 11) is 2.08. The number of hydrogen-bond acceptors (Lipinski definition) is 6. The van der Waals surface area contributed by atoms with E-state index in [1.165, 1.54) is 22.5 Å². The van der Waals surface area contributed by atoms with E-state index in [-0.39, 0.29) is 5.91 Å². The van der Waals surface area contributed by atoms with Gasteiger partial charge in [-0.2, -0.15) is 11.3 Å². The minimum atomic E-state index is -0.147. The molecular weight excluding hydrogens is 434 g/mol. The molecule has 0 spiro atoms. The highest BCUT2D eigenvalue weighted by Crippen LogP contribution is 2.30. The number of amides is 1. The van der Waals surface area contributed by atoms with E-state index in [0.717, 1.165) is 42.3 Å². The number of thiophene rings is 1. The van der Waals surface area contributed by atoms with Gasteiger partial charge in [-0.1, -0.05) is 24.3 Å². The highest BCUT2D eigenvalue weighted by atomic mass is 32.1. The number of oxazole rings is 1. The third-order valence-corrected chi connectivity index (χ3v) is 6.39. The van der Waals surface area contributed by atoms with E-state index >= 15 is 0 Å². The monoisotopic (exact) mass is 459 g/mol. The molecule has 0 fully saturated rings. The van der Waals surface area contributed by atoms with E-state index in [1.54, 1.807) is 6.07 Å². The second-order valence-corrected chi connectivity index (χ2v) is 9.03. The van der Waals surface area contributed by atoms with Gasteiger partial charge in [0.05, 0.1) is 29.1 Å². The van der Waals surface area contributed by atoms with E-state index in [1.807, 2.05) is 41.9 Å². The van der Waals surface area contributed by atoms with Crippen molar-refractivity contribution in [1.29, 1.82) is 0 Å². The minimum Gasteiger partial charge on any atom is -0.493 e. The predicted octanol–water partition coefficient (Wildman–Crippen LogP) is 5.53. The zero-order valence-corrected chi connectivity index (χ0v) is 19.4. The standard InChI is InChI=1S/C26H25N3O3S/c1-17-23(15-29(2)14-18-7-8-24-19(13-18)9-11-31-24)28-26(32-17)21-5-3-4-6-22(21)27-25(30)20-10-12-33-16-20/h3-8,10,12-13,16H,9,11,14-15H2,1-2H3,(H,27,30). The molecule has 0 atom stereocenters. The SMILES string of the molecule is Cc1oc(-c2ccccc2NC(=O)c2ccsc2)nc1CN(C)Cc1ccc2c(c1)CCO2. The third kappa shape index (κ3) is 4.69. The number of benzene rings is 2. The van der Waals surface area contributed by atoms with Crippen molar-refractivity contribution in [3.05, 3.63) is 87.4 Å². The Hall–Kier alpha value is -3.42. The Morgan fingerprint density at radius 2 is 2.06 bits per heavy atom. The summed E-state index contributed by atoms with van der Waals surface area (Å²) < 4.78 is 11.6. The smallest absolute Gasteiger partial charge is 0.256 e. The van der Waals surface area contributed by atoms with Crippen molar-refractivity contribution >= 4 is 22.9 Å². The molecule has 0 bridgehead atoms. The molecule has 3 heterocycles. The fourth-order valence-corrected chi connectivity index (χ4v) is 4.65. The molecule has 0 aliphatic carbocycles. The number of para-hydroxylation sites is 1. The maximum Gasteiger partial charge on any atom is 0.256 e. The van der Waals surface area contributed by atoms with Gasteiger partial charge in [0, 0.05) is 24.9 Å². The lowest BCUT2D eigenvalue weighted by Crippen LogP contribution is -2.18. The van der Waals surface area contributed by atoms with Gasteiger partial charge in [-0.25, -0.2) is 4.98 Å². The predicted molar refractivity (Wildman–Crippen MR) is 130 cm³/mol. The summed E-state index contributed by atoms with van der Waals surface area (Å²) in [5.74, 6) is 2.14. The first-order valence-corrected chi connectivity index (χ1v) is 11.8. The molecule has 1 N–H and O–H groups in total. The fraction of sp³-hybridized carbons (Fsp3) is 0.231. The Kier molecular flexibility index (Phi) is 5.98. The quantitative estimate of drug-likeness (QED) is 0.394. The number of fused-ring (bicyclic) bond motifs is 1. The van der Waals surface area contributed by atoms with Crippen molar-refractivity contribution in [2.45, 2.75) is 26.4 Å². The molecule has 0 unspecified atom stereocenters. The first-order chi connectivity index (χ1) is 16.1. The number of ether oxygens (including phenoxy) is 1. The number of carbonyl (C=O) groups is 1. The third-order valence-electron chi connectivity index (χ3n) is 5.71. The highest BCUT2D eigenvalue weighted by molar-refractivity contribution is 7.08. The first-order valence-electron chi connectivity index (χ1n) is 10.9. The van der Waals surface area contributed by atoms with Gasteiger partial charge in [0.2, 0.25) is 5.89 Å². The Morgan fingerprint density at radius 3 is 2.91 bits per heavy atom. The lowest BCUT2D eigenvalue weighted by atomic mass is 10.1. The summed E-state index contributed by atoms with van der Waals surface area (Å²) in [6.45, 7) is 4.16. The summed E-state index contributed by atoms with van der Waals surface area (Å²) in [6.07, 6.45) is 0.973. The molecule has 0 radical (unpaired) electrons. The van der Waals surface area contributed by atoms with Gasteiger partial charge in [-0.15, -0.1) is 0 Å². The van der Waals surface area contributed by atoms with Crippen LogP contribution in [-0.2, 0) is 19.5 Å². The highest BCUT2D eigenvalue weighted by Gasteiger charge is 2.18. The molecule has 2 aromatic carbocycles. The van der Waals surface area contributed by atoms with Crippen LogP contribution in [0.15, 0.2) is 63.7 Å². The number of aryl methyl sites for hydroxylation is 1. The van der Waals surface area contributed by atoms with Crippen LogP contribution in [0.5, 0.6) is 5.75 Å². The molecule has 1 aliphatic rings. The van der Waals surface area contributed by atoms with E-state index in [4.69, 9.17) is 14.1 Å². The maximum atomic E-state index is 12.6. The average Bonchev–Trinajstić information content (AvgIpc) is 3.56. The number of nitrogens with zero attached hydrogens (tertiary/aromatic N) is 2. The number of anilines is 1. The van der Waals surface area contributed by atoms with Crippen LogP contribution in [0.1, 0.15) is 32.9 Å². The van der Waals surface area contributed by atoms with Crippen LogP contribution in [0.3, 0.4) is 0 Å².